The smallest absolute Gasteiger partial charge is 0.206 e. The van der Waals surface area contributed by atoms with Crippen molar-refractivity contribution in [1.82, 2.24) is 4.00 Å². The summed E-state index contributed by atoms with van der Waals surface area (Å²) in [5, 5.41) is 10.6. The number of halogens is 1. The number of benzene rings is 2. The molecule has 0 unspecified atom stereocenters. The summed E-state index contributed by atoms with van der Waals surface area (Å²) < 4.78 is 22.3. The van der Waals surface area contributed by atoms with Crippen LogP contribution in [0.1, 0.15) is 0 Å². The van der Waals surface area contributed by atoms with Crippen LogP contribution in [0.15, 0.2) is 60.7 Å². The van der Waals surface area contributed by atoms with E-state index in [1.807, 2.05) is 0 Å². The van der Waals surface area contributed by atoms with Crippen LogP contribution in [0.2, 0.25) is 0 Å². The summed E-state index contributed by atoms with van der Waals surface area (Å²) in [6.07, 6.45) is 0. The van der Waals surface area contributed by atoms with Crippen molar-refractivity contribution in [2.75, 3.05) is 0 Å². The molecule has 2 aromatic carbocycles. The molecule has 0 atom stereocenters. The molecule has 0 radical (unpaired) electrons. The highest BCUT2D eigenvalue weighted by molar-refractivity contribution is 8.13. The number of hydrogen-bond donors (Lipinski definition) is 0. The Kier molecular flexibility index (Phi) is 3.76. The second kappa shape index (κ2) is 5.20. The van der Waals surface area contributed by atoms with Gasteiger partial charge in [-0.1, -0.05) is 36.4 Å². The summed E-state index contributed by atoms with van der Waals surface area (Å²) in [4.78, 5) is 11.6. The normalized spacial score (nSPS) is 12.1. The number of nitrogens with zero attached hydrogens (tertiary/aromatic N) is 2. The molecule has 0 fully saturated rings. The number of nitro groups is 1. The van der Waals surface area contributed by atoms with Gasteiger partial charge in [-0.25, -0.2) is 10.1 Å². The van der Waals surface area contributed by atoms with Gasteiger partial charge in [0, 0.05) is 24.3 Å². The van der Waals surface area contributed by atoms with Crippen LogP contribution in [-0.4, -0.2) is 13.5 Å². The van der Waals surface area contributed by atoms with Gasteiger partial charge in [-0.05, 0) is 0 Å². The first-order chi connectivity index (χ1) is 9.40. The van der Waals surface area contributed by atoms with E-state index >= 15 is 0 Å². The first-order valence-electron chi connectivity index (χ1n) is 5.50. The van der Waals surface area contributed by atoms with Gasteiger partial charge in [0.25, 0.3) is 5.03 Å². The molecule has 8 heteroatoms. The molecule has 2 rings (SSSR count). The van der Waals surface area contributed by atoms with E-state index < -0.39 is 18.3 Å². The molecule has 0 N–H and O–H groups in total. The highest BCUT2D eigenvalue weighted by atomic mass is 35.7. The Hall–Kier alpha value is -1.96. The molecule has 0 bridgehead atoms. The topological polar surface area (TPSA) is 77.3 Å². The lowest BCUT2D eigenvalue weighted by Crippen LogP contribution is -2.51. The van der Waals surface area contributed by atoms with E-state index in [4.69, 9.17) is 10.7 Å². The molecule has 0 amide bonds. The number of rotatable bonds is 4. The minimum absolute atomic E-state index is 0.0706. The van der Waals surface area contributed by atoms with E-state index in [9.17, 15) is 18.5 Å². The predicted molar refractivity (Wildman–Crippen MR) is 76.1 cm³/mol. The molecule has 0 aliphatic heterocycles. The van der Waals surface area contributed by atoms with Gasteiger partial charge in [0.05, 0.1) is 10.7 Å². The van der Waals surface area contributed by atoms with Crippen LogP contribution in [0.25, 0.3) is 0 Å². The van der Waals surface area contributed by atoms with E-state index in [0.29, 0.717) is 0 Å². The molecule has 0 aromatic heterocycles. The van der Waals surface area contributed by atoms with Crippen LogP contribution in [0, 0.1) is 10.1 Å². The van der Waals surface area contributed by atoms with Gasteiger partial charge in [-0.3, -0.25) is 0 Å². The summed E-state index contributed by atoms with van der Waals surface area (Å²) in [6, 6.07) is 14.7. The van der Waals surface area contributed by atoms with Crippen molar-refractivity contribution in [2.24, 2.45) is 0 Å². The first kappa shape index (κ1) is 14.4. The molecule has 0 aliphatic carbocycles. The second-order valence-electron chi connectivity index (χ2n) is 3.90. The summed E-state index contributed by atoms with van der Waals surface area (Å²) in [7, 11) is 0.802. The van der Waals surface area contributed by atoms with E-state index in [0.717, 1.165) is 0 Å². The zero-order valence-electron chi connectivity index (χ0n) is 10.1. The van der Waals surface area contributed by atoms with Crippen molar-refractivity contribution in [3.63, 3.8) is 0 Å². The molecule has 104 valence electrons. The Bertz CT molecular complexity index is 680. The lowest BCUT2D eigenvalue weighted by molar-refractivity contribution is -0.590. The third-order valence-electron chi connectivity index (χ3n) is 2.76. The summed E-state index contributed by atoms with van der Waals surface area (Å²) in [6.45, 7) is 0. The second-order valence-corrected chi connectivity index (χ2v) is 6.42. The Balaban J connectivity index is 2.89. The quantitative estimate of drug-likeness (QED) is 0.376. The van der Waals surface area contributed by atoms with Crippen molar-refractivity contribution < 1.29 is 13.5 Å². The minimum Gasteiger partial charge on any atom is -0.206 e. The Morgan fingerprint density at radius 3 is 1.50 bits per heavy atom. The predicted octanol–water partition coefficient (Wildman–Crippen LogP) is 3.00. The lowest BCUT2D eigenvalue weighted by Gasteiger charge is -2.21. The summed E-state index contributed by atoms with van der Waals surface area (Å²) >= 11 is 0. The fourth-order valence-corrected chi connectivity index (χ4v) is 3.46. The van der Waals surface area contributed by atoms with Gasteiger partial charge in [-0.15, -0.1) is 0 Å². The van der Waals surface area contributed by atoms with Crippen LogP contribution in [-0.2, 0) is 9.24 Å². The largest absolute Gasteiger partial charge is 0.455 e. The van der Waals surface area contributed by atoms with Gasteiger partial charge in [0.2, 0.25) is 11.4 Å². The third kappa shape index (κ3) is 2.15. The number of hydrogen-bond acceptors (Lipinski definition) is 4. The fourth-order valence-electron chi connectivity index (χ4n) is 1.93. The highest BCUT2D eigenvalue weighted by Crippen LogP contribution is 2.39. The Labute approximate surface area is 120 Å². The highest BCUT2D eigenvalue weighted by Gasteiger charge is 2.58. The molecule has 0 spiro atoms. The molecule has 0 aliphatic rings. The fraction of sp³-hybridized carbons (Fsp3) is 0. The van der Waals surface area contributed by atoms with Crippen molar-refractivity contribution in [2.45, 2.75) is 0 Å². The van der Waals surface area contributed by atoms with Crippen molar-refractivity contribution >= 4 is 31.3 Å². The zero-order chi connectivity index (χ0) is 14.8. The van der Waals surface area contributed by atoms with Crippen LogP contribution in [0.3, 0.4) is 0 Å². The molecule has 6 nitrogen and oxygen atoms in total. The summed E-state index contributed by atoms with van der Waals surface area (Å²) in [5.74, 6) is 0. The van der Waals surface area contributed by atoms with Gasteiger partial charge in [0.1, 0.15) is 4.00 Å². The monoisotopic (exact) mass is 313 g/mol. The van der Waals surface area contributed by atoms with E-state index in [1.54, 1.807) is 12.1 Å². The van der Waals surface area contributed by atoms with Crippen LogP contribution in [0.5, 0.6) is 0 Å². The maximum atomic E-state index is 12.0. The van der Waals surface area contributed by atoms with Gasteiger partial charge >= 0.3 is 9.24 Å². The van der Waals surface area contributed by atoms with Crippen LogP contribution in [0.4, 0.5) is 11.4 Å². The minimum atomic E-state index is -4.62. The average molecular weight is 314 g/mol. The van der Waals surface area contributed by atoms with Crippen molar-refractivity contribution in [1.29, 1.82) is 0 Å². The van der Waals surface area contributed by atoms with Gasteiger partial charge in [0.15, 0.2) is 0 Å². The van der Waals surface area contributed by atoms with Gasteiger partial charge < -0.3 is 0 Å². The molecule has 20 heavy (non-hydrogen) atoms. The Morgan fingerprint density at radius 1 is 0.900 bits per heavy atom. The molecule has 0 saturated carbocycles. The van der Waals surface area contributed by atoms with Crippen molar-refractivity contribution in [3.8, 4) is 0 Å². The standard InChI is InChI=1S/C12H10ClN2O4S/c13-20(18,19)15(14(16)17,11-7-3-1-4-8-11)12-9-5-2-6-10-12/h1-10H/q+1. The van der Waals surface area contributed by atoms with Crippen LogP contribution >= 0.6 is 10.7 Å². The maximum absolute atomic E-state index is 12.0. The molecular formula is C12H10ClN2O4S+. The first-order valence-corrected chi connectivity index (χ1v) is 7.77. The number of quaternary nitrogens is 1. The van der Waals surface area contributed by atoms with E-state index in [1.165, 1.54) is 48.5 Å². The number of para-hydroxylation sites is 2. The lowest BCUT2D eigenvalue weighted by atomic mass is 10.2. The Morgan fingerprint density at radius 2 is 1.25 bits per heavy atom. The third-order valence-corrected chi connectivity index (χ3v) is 4.54. The molecule has 2 aromatic rings. The van der Waals surface area contributed by atoms with Crippen molar-refractivity contribution in [3.05, 3.63) is 70.8 Å². The molecular weight excluding hydrogens is 304 g/mol. The zero-order valence-corrected chi connectivity index (χ0v) is 11.7. The van der Waals surface area contributed by atoms with Gasteiger partial charge in [-0.2, -0.15) is 8.42 Å². The average Bonchev–Trinajstić information content (AvgIpc) is 2.40. The molecule has 0 heterocycles. The van der Waals surface area contributed by atoms with E-state index in [-0.39, 0.29) is 11.4 Å². The summed E-state index contributed by atoms with van der Waals surface area (Å²) in [5.41, 5.74) is -0.141. The maximum Gasteiger partial charge on any atom is 0.455 e. The van der Waals surface area contributed by atoms with Crippen LogP contribution < -0.4 is 4.00 Å². The SMILES string of the molecule is O=[N+]([O-])[N+](c1ccccc1)(c1ccccc1)S(=O)(=O)Cl. The van der Waals surface area contributed by atoms with E-state index in [2.05, 4.69) is 0 Å². The molecule has 0 saturated heterocycles.